The molecule has 1 unspecified atom stereocenters. The number of rotatable bonds is 4. The first-order chi connectivity index (χ1) is 16.0. The number of hydrogen-bond donors (Lipinski definition) is 2. The van der Waals surface area contributed by atoms with Crippen LogP contribution in [0.15, 0.2) is 30.5 Å². The van der Waals surface area contributed by atoms with E-state index in [-0.39, 0.29) is 23.7 Å². The van der Waals surface area contributed by atoms with Crippen LogP contribution in [-0.4, -0.2) is 43.4 Å². The monoisotopic (exact) mass is 448 g/mol. The van der Waals surface area contributed by atoms with Gasteiger partial charge in [-0.3, -0.25) is 14.7 Å². The van der Waals surface area contributed by atoms with E-state index < -0.39 is 0 Å². The Morgan fingerprint density at radius 3 is 2.73 bits per heavy atom. The minimum absolute atomic E-state index is 0.0868. The van der Waals surface area contributed by atoms with Gasteiger partial charge < -0.3 is 10.2 Å². The Morgan fingerprint density at radius 2 is 1.94 bits per heavy atom. The van der Waals surface area contributed by atoms with Gasteiger partial charge >= 0.3 is 0 Å². The van der Waals surface area contributed by atoms with Crippen LogP contribution in [0.5, 0.6) is 0 Å². The van der Waals surface area contributed by atoms with E-state index in [0.717, 1.165) is 49.8 Å². The van der Waals surface area contributed by atoms with Crippen LogP contribution in [0.25, 0.3) is 0 Å². The number of carbonyl (C=O) groups excluding carboxylic acids is 2. The third-order valence-corrected chi connectivity index (χ3v) is 6.42. The molecular formula is C24H25FN6O2. The summed E-state index contributed by atoms with van der Waals surface area (Å²) in [5, 5.41) is 10.1. The summed E-state index contributed by atoms with van der Waals surface area (Å²) in [5.41, 5.74) is 3.98. The van der Waals surface area contributed by atoms with Crippen LogP contribution in [0.2, 0.25) is 0 Å². The van der Waals surface area contributed by atoms with Crippen molar-refractivity contribution in [2.75, 3.05) is 11.9 Å². The van der Waals surface area contributed by atoms with Gasteiger partial charge in [0.15, 0.2) is 11.5 Å². The van der Waals surface area contributed by atoms with Gasteiger partial charge in [-0.25, -0.2) is 14.4 Å². The number of aromatic amines is 1. The van der Waals surface area contributed by atoms with Crippen LogP contribution in [0.3, 0.4) is 0 Å². The first kappa shape index (κ1) is 21.2. The molecule has 1 atom stereocenters. The van der Waals surface area contributed by atoms with Crippen molar-refractivity contribution >= 4 is 17.5 Å². The highest BCUT2D eigenvalue weighted by Crippen LogP contribution is 2.33. The number of aryl methyl sites for hydroxylation is 2. The molecule has 170 valence electrons. The molecule has 3 aromatic rings. The van der Waals surface area contributed by atoms with Crippen LogP contribution >= 0.6 is 0 Å². The molecule has 0 spiro atoms. The van der Waals surface area contributed by atoms with Gasteiger partial charge in [-0.15, -0.1) is 0 Å². The van der Waals surface area contributed by atoms with Crippen molar-refractivity contribution in [3.63, 3.8) is 0 Å². The Hall–Kier alpha value is -3.62. The molecule has 1 aliphatic heterocycles. The molecule has 1 fully saturated rings. The number of benzene rings is 1. The number of likely N-dealkylation sites (tertiary alicyclic amines) is 1. The number of hydrogen-bond acceptors (Lipinski definition) is 5. The fourth-order valence-electron chi connectivity index (χ4n) is 4.67. The number of aromatic nitrogens is 4. The molecule has 5 rings (SSSR count). The molecule has 3 heterocycles. The van der Waals surface area contributed by atoms with Crippen molar-refractivity contribution in [1.82, 2.24) is 25.1 Å². The van der Waals surface area contributed by atoms with E-state index in [9.17, 15) is 14.0 Å². The van der Waals surface area contributed by atoms with Gasteiger partial charge in [-0.1, -0.05) is 0 Å². The predicted octanol–water partition coefficient (Wildman–Crippen LogP) is 3.76. The number of fused-ring (bicyclic) bond motifs is 1. The SMILES string of the molecule is Cc1nc(C2CCCN2C(=O)c2n[nH]c3c2CCCC3)ncc1C(=O)Nc1ccc(F)cc1. The largest absolute Gasteiger partial charge is 0.327 e. The van der Waals surface area contributed by atoms with E-state index in [0.29, 0.717) is 35.0 Å². The molecule has 0 saturated carbocycles. The zero-order chi connectivity index (χ0) is 22.9. The topological polar surface area (TPSA) is 104 Å². The van der Waals surface area contributed by atoms with E-state index >= 15 is 0 Å². The highest BCUT2D eigenvalue weighted by atomic mass is 19.1. The van der Waals surface area contributed by atoms with E-state index in [1.54, 1.807) is 11.8 Å². The quantitative estimate of drug-likeness (QED) is 0.633. The molecule has 9 heteroatoms. The van der Waals surface area contributed by atoms with Crippen molar-refractivity contribution in [3.8, 4) is 0 Å². The average molecular weight is 449 g/mol. The van der Waals surface area contributed by atoms with Gasteiger partial charge in [0.25, 0.3) is 11.8 Å². The molecule has 2 aromatic heterocycles. The molecule has 2 amide bonds. The smallest absolute Gasteiger partial charge is 0.275 e. The summed E-state index contributed by atoms with van der Waals surface area (Å²) in [4.78, 5) is 36.8. The second kappa shape index (κ2) is 8.73. The fraction of sp³-hybridized carbons (Fsp3) is 0.375. The molecule has 0 bridgehead atoms. The summed E-state index contributed by atoms with van der Waals surface area (Å²) in [7, 11) is 0. The second-order valence-corrected chi connectivity index (χ2v) is 8.58. The fourth-order valence-corrected chi connectivity index (χ4v) is 4.67. The summed E-state index contributed by atoms with van der Waals surface area (Å²) in [6.45, 7) is 2.37. The van der Waals surface area contributed by atoms with Crippen LogP contribution < -0.4 is 5.32 Å². The highest BCUT2D eigenvalue weighted by molar-refractivity contribution is 6.04. The second-order valence-electron chi connectivity index (χ2n) is 8.58. The van der Waals surface area contributed by atoms with Crippen molar-refractivity contribution in [2.24, 2.45) is 0 Å². The Morgan fingerprint density at radius 1 is 1.15 bits per heavy atom. The van der Waals surface area contributed by atoms with E-state index in [1.807, 2.05) is 0 Å². The van der Waals surface area contributed by atoms with E-state index in [2.05, 4.69) is 25.5 Å². The maximum atomic E-state index is 13.3. The normalized spacial score (nSPS) is 17.6. The lowest BCUT2D eigenvalue weighted by atomic mass is 9.95. The lowest BCUT2D eigenvalue weighted by Crippen LogP contribution is -2.32. The molecule has 8 nitrogen and oxygen atoms in total. The number of carbonyl (C=O) groups is 2. The Bertz CT molecular complexity index is 1210. The summed E-state index contributed by atoms with van der Waals surface area (Å²) in [6.07, 6.45) is 7.11. The van der Waals surface area contributed by atoms with Gasteiger partial charge in [0.05, 0.1) is 17.3 Å². The van der Waals surface area contributed by atoms with Crippen molar-refractivity contribution in [2.45, 2.75) is 51.5 Å². The van der Waals surface area contributed by atoms with Gasteiger partial charge in [-0.2, -0.15) is 5.10 Å². The van der Waals surface area contributed by atoms with Gasteiger partial charge in [0.2, 0.25) is 0 Å². The summed E-state index contributed by atoms with van der Waals surface area (Å²) >= 11 is 0. The zero-order valence-electron chi connectivity index (χ0n) is 18.4. The summed E-state index contributed by atoms with van der Waals surface area (Å²) < 4.78 is 13.1. The first-order valence-corrected chi connectivity index (χ1v) is 11.3. The molecule has 1 saturated heterocycles. The number of halogens is 1. The Balaban J connectivity index is 1.35. The van der Waals surface area contributed by atoms with Crippen molar-refractivity contribution in [1.29, 1.82) is 0 Å². The number of H-pyrrole nitrogens is 1. The molecule has 0 radical (unpaired) electrons. The number of nitrogens with one attached hydrogen (secondary N) is 2. The maximum absolute atomic E-state index is 13.3. The number of amides is 2. The summed E-state index contributed by atoms with van der Waals surface area (Å²) in [5.74, 6) is -0.298. The molecule has 2 N–H and O–H groups in total. The number of anilines is 1. The van der Waals surface area contributed by atoms with E-state index in [4.69, 9.17) is 0 Å². The average Bonchev–Trinajstić information content (AvgIpc) is 3.47. The van der Waals surface area contributed by atoms with Gasteiger partial charge in [0.1, 0.15) is 5.82 Å². The molecule has 1 aliphatic carbocycles. The standard InChI is InChI=1S/C24H25FN6O2/c1-14-18(23(32)28-16-10-8-15(25)9-11-16)13-26-22(27-14)20-7-4-12-31(20)24(33)21-17-5-2-3-6-19(17)29-30-21/h8-11,13,20H,2-7,12H2,1H3,(H,28,32)(H,29,30). The maximum Gasteiger partial charge on any atom is 0.275 e. The van der Waals surface area contributed by atoms with Crippen LogP contribution in [0.1, 0.15) is 75.3 Å². The molecule has 33 heavy (non-hydrogen) atoms. The molecular weight excluding hydrogens is 423 g/mol. The molecule has 1 aromatic carbocycles. The Kier molecular flexibility index (Phi) is 5.62. The van der Waals surface area contributed by atoms with Gasteiger partial charge in [-0.05, 0) is 69.7 Å². The van der Waals surface area contributed by atoms with Crippen LogP contribution in [0, 0.1) is 12.7 Å². The lowest BCUT2D eigenvalue weighted by molar-refractivity contribution is 0.0722. The third kappa shape index (κ3) is 4.10. The van der Waals surface area contributed by atoms with E-state index in [1.165, 1.54) is 30.5 Å². The zero-order valence-corrected chi connectivity index (χ0v) is 18.4. The summed E-state index contributed by atoms with van der Waals surface area (Å²) in [6, 6.07) is 5.30. The van der Waals surface area contributed by atoms with Crippen molar-refractivity contribution < 1.29 is 14.0 Å². The van der Waals surface area contributed by atoms with Crippen LogP contribution in [0.4, 0.5) is 10.1 Å². The predicted molar refractivity (Wildman–Crippen MR) is 119 cm³/mol. The van der Waals surface area contributed by atoms with Crippen molar-refractivity contribution in [3.05, 3.63) is 70.3 Å². The third-order valence-electron chi connectivity index (χ3n) is 6.42. The van der Waals surface area contributed by atoms with Crippen LogP contribution in [-0.2, 0) is 12.8 Å². The lowest BCUT2D eigenvalue weighted by Gasteiger charge is -2.24. The Labute approximate surface area is 190 Å². The highest BCUT2D eigenvalue weighted by Gasteiger charge is 2.35. The minimum Gasteiger partial charge on any atom is -0.327 e. The molecule has 2 aliphatic rings. The van der Waals surface area contributed by atoms with Gasteiger partial charge in [0, 0.05) is 29.7 Å². The first-order valence-electron chi connectivity index (χ1n) is 11.3. The minimum atomic E-state index is -0.372. The number of nitrogens with zero attached hydrogens (tertiary/aromatic N) is 4.